The molecule has 1 unspecified atom stereocenters. The van der Waals surface area contributed by atoms with Crippen molar-refractivity contribution in [3.8, 4) is 11.8 Å². The summed E-state index contributed by atoms with van der Waals surface area (Å²) >= 11 is 3.26. The minimum absolute atomic E-state index is 0.0319. The van der Waals surface area contributed by atoms with Crippen LogP contribution in [0.15, 0.2) is 22.7 Å². The molecule has 0 aliphatic rings. The van der Waals surface area contributed by atoms with Gasteiger partial charge in [-0.15, -0.1) is 11.8 Å². The summed E-state index contributed by atoms with van der Waals surface area (Å²) in [5.41, 5.74) is 0.685. The van der Waals surface area contributed by atoms with E-state index in [2.05, 4.69) is 40.0 Å². The van der Waals surface area contributed by atoms with Crippen LogP contribution in [-0.4, -0.2) is 6.54 Å². The standard InChI is InChI=1S/C14H17BrFN/c1-3-5-6-14(17-9-4-2)12-8-7-11(15)10-13(12)16/h7-8,10,14,17H,4,6,9H2,1-2H3. The third kappa shape index (κ3) is 4.49. The van der Waals surface area contributed by atoms with Crippen molar-refractivity contribution in [2.75, 3.05) is 6.54 Å². The van der Waals surface area contributed by atoms with Gasteiger partial charge in [-0.1, -0.05) is 28.9 Å². The minimum Gasteiger partial charge on any atom is -0.309 e. The molecule has 3 heteroatoms. The van der Waals surface area contributed by atoms with Crippen LogP contribution in [0.1, 0.15) is 38.3 Å². The van der Waals surface area contributed by atoms with Crippen LogP contribution >= 0.6 is 15.9 Å². The third-order valence-corrected chi connectivity index (χ3v) is 2.95. The first kappa shape index (κ1) is 14.2. The second-order valence-corrected chi connectivity index (χ2v) is 4.72. The maximum absolute atomic E-state index is 13.8. The highest BCUT2D eigenvalue weighted by Crippen LogP contribution is 2.23. The molecule has 0 spiro atoms. The average molecular weight is 298 g/mol. The van der Waals surface area contributed by atoms with Crippen LogP contribution in [0, 0.1) is 17.7 Å². The summed E-state index contributed by atoms with van der Waals surface area (Å²) < 4.78 is 14.6. The Morgan fingerprint density at radius 3 is 2.82 bits per heavy atom. The van der Waals surface area contributed by atoms with E-state index in [1.54, 1.807) is 6.92 Å². The maximum atomic E-state index is 13.8. The number of rotatable bonds is 5. The summed E-state index contributed by atoms with van der Waals surface area (Å²) in [6, 6.07) is 5.13. The first-order valence-corrected chi connectivity index (χ1v) is 6.56. The number of benzene rings is 1. The predicted molar refractivity (Wildman–Crippen MR) is 73.2 cm³/mol. The number of hydrogen-bond donors (Lipinski definition) is 1. The van der Waals surface area contributed by atoms with Crippen molar-refractivity contribution in [2.45, 2.75) is 32.7 Å². The van der Waals surface area contributed by atoms with Gasteiger partial charge in [0.05, 0.1) is 0 Å². The molecule has 0 saturated heterocycles. The van der Waals surface area contributed by atoms with Gasteiger partial charge >= 0.3 is 0 Å². The van der Waals surface area contributed by atoms with E-state index in [9.17, 15) is 4.39 Å². The number of nitrogens with one attached hydrogen (secondary N) is 1. The molecule has 0 radical (unpaired) electrons. The van der Waals surface area contributed by atoms with Crippen molar-refractivity contribution >= 4 is 15.9 Å². The Balaban J connectivity index is 2.89. The van der Waals surface area contributed by atoms with Gasteiger partial charge in [0.1, 0.15) is 5.82 Å². The molecule has 0 saturated carbocycles. The summed E-state index contributed by atoms with van der Waals surface area (Å²) in [5.74, 6) is 5.67. The molecule has 1 atom stereocenters. The van der Waals surface area contributed by atoms with Crippen LogP contribution in [0.4, 0.5) is 4.39 Å². The molecule has 0 bridgehead atoms. The fraction of sp³-hybridized carbons (Fsp3) is 0.429. The normalized spacial score (nSPS) is 11.8. The summed E-state index contributed by atoms with van der Waals surface area (Å²) in [5, 5.41) is 3.32. The molecule has 0 aliphatic carbocycles. The van der Waals surface area contributed by atoms with Gasteiger partial charge in [0.25, 0.3) is 0 Å². The molecule has 1 aromatic carbocycles. The molecule has 92 valence electrons. The van der Waals surface area contributed by atoms with Crippen LogP contribution < -0.4 is 5.32 Å². The maximum Gasteiger partial charge on any atom is 0.129 e. The van der Waals surface area contributed by atoms with Gasteiger partial charge in [-0.05, 0) is 32.0 Å². The quantitative estimate of drug-likeness (QED) is 0.809. The summed E-state index contributed by atoms with van der Waals surface area (Å²) in [6.07, 6.45) is 1.66. The third-order valence-electron chi connectivity index (χ3n) is 2.46. The molecule has 0 heterocycles. The zero-order valence-electron chi connectivity index (χ0n) is 10.2. The molecule has 0 aliphatic heterocycles. The van der Waals surface area contributed by atoms with E-state index in [1.165, 1.54) is 6.07 Å². The Labute approximate surface area is 111 Å². The molecular formula is C14H17BrFN. The molecular weight excluding hydrogens is 281 g/mol. The fourth-order valence-corrected chi connectivity index (χ4v) is 1.93. The van der Waals surface area contributed by atoms with E-state index in [1.807, 2.05) is 12.1 Å². The van der Waals surface area contributed by atoms with Crippen molar-refractivity contribution in [1.29, 1.82) is 0 Å². The topological polar surface area (TPSA) is 12.0 Å². The van der Waals surface area contributed by atoms with E-state index in [0.29, 0.717) is 12.0 Å². The lowest BCUT2D eigenvalue weighted by Gasteiger charge is -2.17. The van der Waals surface area contributed by atoms with Crippen molar-refractivity contribution < 1.29 is 4.39 Å². The Hall–Kier alpha value is -0.850. The van der Waals surface area contributed by atoms with Gasteiger partial charge < -0.3 is 5.32 Å². The van der Waals surface area contributed by atoms with Gasteiger partial charge in [-0.3, -0.25) is 0 Å². The fourth-order valence-electron chi connectivity index (χ4n) is 1.60. The van der Waals surface area contributed by atoms with E-state index < -0.39 is 0 Å². The van der Waals surface area contributed by atoms with Crippen LogP contribution in [0.2, 0.25) is 0 Å². The zero-order chi connectivity index (χ0) is 12.7. The smallest absolute Gasteiger partial charge is 0.129 e. The highest BCUT2D eigenvalue weighted by Gasteiger charge is 2.14. The molecule has 1 N–H and O–H groups in total. The monoisotopic (exact) mass is 297 g/mol. The second-order valence-electron chi connectivity index (χ2n) is 3.80. The van der Waals surface area contributed by atoms with Gasteiger partial charge in [-0.2, -0.15) is 0 Å². The second kappa shape index (κ2) is 7.47. The van der Waals surface area contributed by atoms with E-state index in [4.69, 9.17) is 0 Å². The lowest BCUT2D eigenvalue weighted by molar-refractivity contribution is 0.506. The molecule has 17 heavy (non-hydrogen) atoms. The number of hydrogen-bond acceptors (Lipinski definition) is 1. The van der Waals surface area contributed by atoms with E-state index in [-0.39, 0.29) is 11.9 Å². The van der Waals surface area contributed by atoms with Crippen LogP contribution in [0.3, 0.4) is 0 Å². The van der Waals surface area contributed by atoms with Crippen molar-refractivity contribution in [2.24, 2.45) is 0 Å². The SMILES string of the molecule is CC#CCC(NCCC)c1ccc(Br)cc1F. The first-order valence-electron chi connectivity index (χ1n) is 5.77. The number of halogens is 2. The molecule has 0 aromatic heterocycles. The molecule has 1 nitrogen and oxygen atoms in total. The summed E-state index contributed by atoms with van der Waals surface area (Å²) in [4.78, 5) is 0. The lowest BCUT2D eigenvalue weighted by atomic mass is 10.0. The molecule has 0 amide bonds. The van der Waals surface area contributed by atoms with Crippen molar-refractivity contribution in [3.05, 3.63) is 34.1 Å². The van der Waals surface area contributed by atoms with E-state index >= 15 is 0 Å². The lowest BCUT2D eigenvalue weighted by Crippen LogP contribution is -2.22. The minimum atomic E-state index is -0.189. The summed E-state index contributed by atoms with van der Waals surface area (Å²) in [7, 11) is 0. The highest BCUT2D eigenvalue weighted by atomic mass is 79.9. The van der Waals surface area contributed by atoms with Gasteiger partial charge in [0, 0.05) is 22.5 Å². The average Bonchev–Trinajstić information content (AvgIpc) is 2.30. The predicted octanol–water partition coefficient (Wildman–Crippen LogP) is 4.04. The van der Waals surface area contributed by atoms with Crippen molar-refractivity contribution in [1.82, 2.24) is 5.32 Å². The molecule has 1 aromatic rings. The van der Waals surface area contributed by atoms with E-state index in [0.717, 1.165) is 17.4 Å². The van der Waals surface area contributed by atoms with Gasteiger partial charge in [-0.25, -0.2) is 4.39 Å². The Morgan fingerprint density at radius 1 is 1.47 bits per heavy atom. The van der Waals surface area contributed by atoms with Crippen molar-refractivity contribution in [3.63, 3.8) is 0 Å². The first-order chi connectivity index (χ1) is 8.19. The van der Waals surface area contributed by atoms with Gasteiger partial charge in [0.2, 0.25) is 0 Å². The zero-order valence-corrected chi connectivity index (χ0v) is 11.8. The summed E-state index contributed by atoms with van der Waals surface area (Å²) in [6.45, 7) is 4.76. The van der Waals surface area contributed by atoms with Gasteiger partial charge in [0.15, 0.2) is 0 Å². The Kier molecular flexibility index (Phi) is 6.25. The van der Waals surface area contributed by atoms with Crippen LogP contribution in [0.5, 0.6) is 0 Å². The molecule has 1 rings (SSSR count). The highest BCUT2D eigenvalue weighted by molar-refractivity contribution is 9.10. The Morgan fingerprint density at radius 2 is 2.24 bits per heavy atom. The molecule has 0 fully saturated rings. The van der Waals surface area contributed by atoms with Crippen LogP contribution in [-0.2, 0) is 0 Å². The largest absolute Gasteiger partial charge is 0.309 e. The van der Waals surface area contributed by atoms with Crippen LogP contribution in [0.25, 0.3) is 0 Å². The Bertz CT molecular complexity index is 420.